The van der Waals surface area contributed by atoms with E-state index in [1.165, 1.54) is 0 Å². The molecule has 0 saturated carbocycles. The molecule has 1 heterocycles. The van der Waals surface area contributed by atoms with E-state index in [9.17, 15) is 8.42 Å². The Hall–Kier alpha value is -0.920. The number of H-pyrrole nitrogens is 1. The van der Waals surface area contributed by atoms with Gasteiger partial charge in [-0.05, 0) is 13.0 Å². The van der Waals surface area contributed by atoms with E-state index in [1.807, 2.05) is 6.92 Å². The molecule has 6 nitrogen and oxygen atoms in total. The Morgan fingerprint density at radius 1 is 1.41 bits per heavy atom. The number of hydrogen-bond acceptors (Lipinski definition) is 4. The summed E-state index contributed by atoms with van der Waals surface area (Å²) in [5.41, 5.74) is 0. The summed E-state index contributed by atoms with van der Waals surface area (Å²) in [4.78, 5) is 7.05. The van der Waals surface area contributed by atoms with Crippen LogP contribution in [-0.4, -0.2) is 43.8 Å². The van der Waals surface area contributed by atoms with Gasteiger partial charge >= 0.3 is 0 Å². The number of imidazole rings is 1. The van der Waals surface area contributed by atoms with Crippen molar-refractivity contribution in [1.29, 1.82) is 0 Å². The van der Waals surface area contributed by atoms with Crippen molar-refractivity contribution in [3.8, 4) is 0 Å². The van der Waals surface area contributed by atoms with E-state index in [2.05, 4.69) is 20.0 Å². The van der Waals surface area contributed by atoms with E-state index in [-0.39, 0.29) is 5.75 Å². The number of rotatable bonds is 9. The molecule has 7 heteroatoms. The summed E-state index contributed by atoms with van der Waals surface area (Å²) in [7, 11) is -3.14. The molecule has 0 fully saturated rings. The predicted octanol–water partition coefficient (Wildman–Crippen LogP) is -0.129. The van der Waals surface area contributed by atoms with Gasteiger partial charge in [0.15, 0.2) is 0 Å². The molecule has 98 valence electrons. The number of aryl methyl sites for hydroxylation is 1. The van der Waals surface area contributed by atoms with Crippen LogP contribution in [0.5, 0.6) is 0 Å². The molecule has 1 aromatic rings. The number of aromatic amines is 1. The smallest absolute Gasteiger partial charge is 0.212 e. The molecule has 0 amide bonds. The average Bonchev–Trinajstić information content (AvgIpc) is 2.77. The highest BCUT2D eigenvalue weighted by atomic mass is 32.2. The van der Waals surface area contributed by atoms with Crippen LogP contribution < -0.4 is 10.0 Å². The van der Waals surface area contributed by atoms with Crippen molar-refractivity contribution in [1.82, 2.24) is 20.0 Å². The Labute approximate surface area is 102 Å². The standard InChI is InChI=1S/C10H20N4O2S/c1-2-11-8-9-17(15,16)14-5-3-4-10-12-6-7-13-10/h6-7,11,14H,2-5,8-9H2,1H3,(H,12,13). The van der Waals surface area contributed by atoms with E-state index >= 15 is 0 Å². The Bertz CT molecular complexity index is 388. The van der Waals surface area contributed by atoms with E-state index in [0.717, 1.165) is 25.2 Å². The van der Waals surface area contributed by atoms with E-state index in [1.54, 1.807) is 12.4 Å². The Morgan fingerprint density at radius 2 is 2.24 bits per heavy atom. The lowest BCUT2D eigenvalue weighted by molar-refractivity contribution is 0.574. The van der Waals surface area contributed by atoms with E-state index in [4.69, 9.17) is 0 Å². The number of hydrogen-bond donors (Lipinski definition) is 3. The lowest BCUT2D eigenvalue weighted by Gasteiger charge is -2.06. The summed E-state index contributed by atoms with van der Waals surface area (Å²) in [6.45, 7) is 3.68. The zero-order valence-corrected chi connectivity index (χ0v) is 10.9. The Kier molecular flexibility index (Phi) is 6.17. The van der Waals surface area contributed by atoms with Crippen molar-refractivity contribution in [3.63, 3.8) is 0 Å². The van der Waals surface area contributed by atoms with Gasteiger partial charge in [0.1, 0.15) is 5.82 Å². The van der Waals surface area contributed by atoms with Gasteiger partial charge in [-0.25, -0.2) is 18.1 Å². The van der Waals surface area contributed by atoms with Gasteiger partial charge in [0, 0.05) is 31.9 Å². The number of nitrogens with zero attached hydrogens (tertiary/aromatic N) is 1. The molecule has 3 N–H and O–H groups in total. The number of sulfonamides is 1. The summed E-state index contributed by atoms with van der Waals surface area (Å²) < 4.78 is 25.6. The van der Waals surface area contributed by atoms with Crippen LogP contribution in [-0.2, 0) is 16.4 Å². The quantitative estimate of drug-likeness (QED) is 0.540. The van der Waals surface area contributed by atoms with Crippen molar-refractivity contribution in [2.75, 3.05) is 25.4 Å². The molecule has 0 radical (unpaired) electrons. The third kappa shape index (κ3) is 6.40. The van der Waals surface area contributed by atoms with Crippen molar-refractivity contribution >= 4 is 10.0 Å². The van der Waals surface area contributed by atoms with Gasteiger partial charge < -0.3 is 10.3 Å². The Balaban J connectivity index is 2.12. The van der Waals surface area contributed by atoms with Crippen LogP contribution in [0.4, 0.5) is 0 Å². The molecule has 0 aliphatic carbocycles. The first kappa shape index (κ1) is 14.1. The van der Waals surface area contributed by atoms with E-state index < -0.39 is 10.0 Å². The maximum absolute atomic E-state index is 11.5. The molecule has 0 aliphatic heterocycles. The van der Waals surface area contributed by atoms with Crippen LogP contribution in [0.15, 0.2) is 12.4 Å². The van der Waals surface area contributed by atoms with Crippen LogP contribution in [0.1, 0.15) is 19.2 Å². The minimum atomic E-state index is -3.14. The van der Waals surface area contributed by atoms with Crippen molar-refractivity contribution in [3.05, 3.63) is 18.2 Å². The van der Waals surface area contributed by atoms with Gasteiger partial charge in [-0.15, -0.1) is 0 Å². The first-order valence-electron chi connectivity index (χ1n) is 5.80. The van der Waals surface area contributed by atoms with Crippen LogP contribution in [0.25, 0.3) is 0 Å². The largest absolute Gasteiger partial charge is 0.349 e. The summed E-state index contributed by atoms with van der Waals surface area (Å²) in [5, 5.41) is 2.98. The van der Waals surface area contributed by atoms with Crippen molar-refractivity contribution in [2.45, 2.75) is 19.8 Å². The summed E-state index contributed by atoms with van der Waals surface area (Å²) in [6.07, 6.45) is 4.95. The van der Waals surface area contributed by atoms with Gasteiger partial charge in [0.25, 0.3) is 0 Å². The van der Waals surface area contributed by atoms with Gasteiger partial charge in [-0.2, -0.15) is 0 Å². The second kappa shape index (κ2) is 7.41. The second-order valence-electron chi connectivity index (χ2n) is 3.71. The monoisotopic (exact) mass is 260 g/mol. The molecular weight excluding hydrogens is 240 g/mol. The molecule has 0 bridgehead atoms. The molecule has 0 saturated heterocycles. The topological polar surface area (TPSA) is 86.9 Å². The molecular formula is C10H20N4O2S. The molecule has 1 aromatic heterocycles. The van der Waals surface area contributed by atoms with Crippen LogP contribution in [0.2, 0.25) is 0 Å². The van der Waals surface area contributed by atoms with Gasteiger partial charge in [0.05, 0.1) is 5.75 Å². The highest BCUT2D eigenvalue weighted by Crippen LogP contribution is 1.94. The maximum atomic E-state index is 11.5. The highest BCUT2D eigenvalue weighted by Gasteiger charge is 2.08. The summed E-state index contributed by atoms with van der Waals surface area (Å²) in [6, 6.07) is 0. The Morgan fingerprint density at radius 3 is 2.88 bits per heavy atom. The van der Waals surface area contributed by atoms with Crippen molar-refractivity contribution < 1.29 is 8.42 Å². The molecule has 0 spiro atoms. The minimum absolute atomic E-state index is 0.127. The minimum Gasteiger partial charge on any atom is -0.349 e. The fourth-order valence-electron chi connectivity index (χ4n) is 1.37. The van der Waals surface area contributed by atoms with Gasteiger partial charge in [0.2, 0.25) is 10.0 Å². The predicted molar refractivity (Wildman–Crippen MR) is 67.2 cm³/mol. The lowest BCUT2D eigenvalue weighted by atomic mass is 10.3. The molecule has 0 aromatic carbocycles. The first-order chi connectivity index (χ1) is 8.14. The summed E-state index contributed by atoms with van der Waals surface area (Å²) in [5.74, 6) is 1.01. The highest BCUT2D eigenvalue weighted by molar-refractivity contribution is 7.89. The number of aromatic nitrogens is 2. The SMILES string of the molecule is CCNCCS(=O)(=O)NCCCc1ncc[nH]1. The van der Waals surface area contributed by atoms with Crippen LogP contribution in [0.3, 0.4) is 0 Å². The molecule has 1 rings (SSSR count). The zero-order chi connectivity index (χ0) is 12.6. The molecule has 0 atom stereocenters. The normalized spacial score (nSPS) is 11.8. The van der Waals surface area contributed by atoms with Crippen molar-refractivity contribution in [2.24, 2.45) is 0 Å². The summed E-state index contributed by atoms with van der Waals surface area (Å²) >= 11 is 0. The van der Waals surface area contributed by atoms with E-state index in [0.29, 0.717) is 13.1 Å². The molecule has 0 aliphatic rings. The van der Waals surface area contributed by atoms with Crippen LogP contribution >= 0.6 is 0 Å². The average molecular weight is 260 g/mol. The maximum Gasteiger partial charge on any atom is 0.212 e. The molecule has 0 unspecified atom stereocenters. The third-order valence-corrected chi connectivity index (χ3v) is 3.65. The van der Waals surface area contributed by atoms with Gasteiger partial charge in [-0.1, -0.05) is 6.92 Å². The second-order valence-corrected chi connectivity index (χ2v) is 5.63. The fraction of sp³-hybridized carbons (Fsp3) is 0.700. The first-order valence-corrected chi connectivity index (χ1v) is 7.45. The third-order valence-electron chi connectivity index (χ3n) is 2.26. The van der Waals surface area contributed by atoms with Crippen LogP contribution in [0, 0.1) is 0 Å². The molecule has 17 heavy (non-hydrogen) atoms. The van der Waals surface area contributed by atoms with Gasteiger partial charge in [-0.3, -0.25) is 0 Å². The zero-order valence-electron chi connectivity index (χ0n) is 10.1. The fourth-order valence-corrected chi connectivity index (χ4v) is 2.39. The lowest BCUT2D eigenvalue weighted by Crippen LogP contribution is -2.32. The number of nitrogens with one attached hydrogen (secondary N) is 3.